The summed E-state index contributed by atoms with van der Waals surface area (Å²) in [6.45, 7) is 30.2. The number of benzene rings is 3. The molecule has 0 bridgehead atoms. The molecule has 0 amide bonds. The number of nitro groups is 1. The molecule has 0 saturated heterocycles. The molecule has 2 N–H and O–H groups in total. The van der Waals surface area contributed by atoms with Gasteiger partial charge in [0.1, 0.15) is 11.4 Å². The zero-order valence-electron chi connectivity index (χ0n) is 30.8. The second-order valence-electron chi connectivity index (χ2n) is 17.5. The van der Waals surface area contributed by atoms with E-state index >= 15 is 0 Å². The van der Waals surface area contributed by atoms with Gasteiger partial charge >= 0.3 is 0 Å². The fourth-order valence-electron chi connectivity index (χ4n) is 5.67. The van der Waals surface area contributed by atoms with E-state index in [0.717, 1.165) is 33.4 Å². The predicted molar refractivity (Wildman–Crippen MR) is 199 cm³/mol. The van der Waals surface area contributed by atoms with Crippen LogP contribution in [-0.4, -0.2) is 27.4 Å². The van der Waals surface area contributed by atoms with Crippen LogP contribution in [0.5, 0.6) is 5.75 Å². The van der Waals surface area contributed by atoms with Crippen LogP contribution in [-0.2, 0) is 27.3 Å². The average molecular weight is 708 g/mol. The van der Waals surface area contributed by atoms with E-state index in [1.165, 1.54) is 18.3 Å². The Labute approximate surface area is 291 Å². The van der Waals surface area contributed by atoms with Gasteiger partial charge in [-0.3, -0.25) is 15.1 Å². The van der Waals surface area contributed by atoms with Crippen molar-refractivity contribution in [3.8, 4) is 5.75 Å². The van der Waals surface area contributed by atoms with E-state index in [9.17, 15) is 20.3 Å². The Bertz CT molecular complexity index is 1520. The van der Waals surface area contributed by atoms with Gasteiger partial charge < -0.3 is 10.2 Å². The number of non-ortho nitro benzene ring substituents is 1. The smallest absolute Gasteiger partial charge is 0.271 e. The van der Waals surface area contributed by atoms with E-state index in [-0.39, 0.29) is 49.1 Å². The van der Waals surface area contributed by atoms with Gasteiger partial charge in [-0.1, -0.05) is 133 Å². The number of hydrogen-bond acceptors (Lipinski definition) is 5. The molecule has 0 aliphatic carbocycles. The van der Waals surface area contributed by atoms with E-state index in [2.05, 4.69) is 135 Å². The van der Waals surface area contributed by atoms with Crippen LogP contribution in [0.3, 0.4) is 0 Å². The van der Waals surface area contributed by atoms with Gasteiger partial charge in [-0.2, -0.15) is 0 Å². The molecule has 0 aliphatic heterocycles. The Morgan fingerprint density at radius 3 is 1.32 bits per heavy atom. The number of phenols is 1. The van der Waals surface area contributed by atoms with Crippen molar-refractivity contribution in [1.82, 2.24) is 0 Å². The van der Waals surface area contributed by atoms with E-state index in [0.29, 0.717) is 0 Å². The number of rotatable bonds is 7. The van der Waals surface area contributed by atoms with Crippen molar-refractivity contribution in [2.45, 2.75) is 130 Å². The van der Waals surface area contributed by atoms with Crippen molar-refractivity contribution in [3.63, 3.8) is 0 Å². The largest absolute Gasteiger partial charge is 0.506 e. The average Bonchev–Trinajstić information content (AvgIpc) is 2.92. The minimum Gasteiger partial charge on any atom is -0.506 e. The Balaban J connectivity index is 2.55. The molecule has 7 heteroatoms. The van der Waals surface area contributed by atoms with Crippen LogP contribution >= 0.6 is 15.9 Å². The normalized spacial score (nSPS) is 14.2. The number of phenolic OH excluding ortho intramolecular Hbond substituents is 1. The molecular formula is C40H55BrN2O4. The second kappa shape index (κ2) is 13.1. The van der Waals surface area contributed by atoms with Crippen molar-refractivity contribution in [2.24, 2.45) is 10.9 Å². The van der Waals surface area contributed by atoms with Crippen LogP contribution in [0.2, 0.25) is 0 Å². The molecule has 6 nitrogen and oxygen atoms in total. The first kappa shape index (κ1) is 38.4. The third kappa shape index (κ3) is 8.53. The first-order chi connectivity index (χ1) is 21.2. The number of aliphatic imine (C=N–C) groups is 1. The van der Waals surface area contributed by atoms with E-state index in [1.807, 2.05) is 13.8 Å². The lowest BCUT2D eigenvalue weighted by Gasteiger charge is -2.40. The van der Waals surface area contributed by atoms with Crippen molar-refractivity contribution in [1.29, 1.82) is 0 Å². The highest BCUT2D eigenvalue weighted by Gasteiger charge is 2.44. The summed E-state index contributed by atoms with van der Waals surface area (Å²) >= 11 is 3.25. The van der Waals surface area contributed by atoms with Gasteiger partial charge in [0.05, 0.1) is 15.4 Å². The lowest BCUT2D eigenvalue weighted by atomic mass is 9.70. The third-order valence-corrected chi connectivity index (χ3v) is 9.54. The van der Waals surface area contributed by atoms with Crippen LogP contribution in [0.4, 0.5) is 5.69 Å². The minimum atomic E-state index is -1.61. The standard InChI is InChI=1S/C40H55BrN2O4/c1-24(2)35(42-23-25-15-32(43(46)47)22-33(41)34(25)44)40(45,30-18-26(36(3,4)5)16-27(19-30)37(6,7)8)31-20-28(38(9,10)11)17-29(21-31)39(12,13)14/h15-24,35,44-45H,1-14H3. The molecule has 3 aromatic rings. The molecule has 0 aromatic heterocycles. The molecule has 0 saturated carbocycles. The molecule has 0 radical (unpaired) electrons. The predicted octanol–water partition coefficient (Wildman–Crippen LogP) is 10.6. The van der Waals surface area contributed by atoms with Crippen LogP contribution in [0.1, 0.15) is 136 Å². The minimum absolute atomic E-state index is 0.153. The molecule has 256 valence electrons. The molecule has 0 heterocycles. The third-order valence-electron chi connectivity index (χ3n) is 8.93. The molecule has 0 aliphatic rings. The van der Waals surface area contributed by atoms with Crippen molar-refractivity contribution < 1.29 is 15.1 Å². The maximum Gasteiger partial charge on any atom is 0.271 e. The molecule has 3 rings (SSSR count). The van der Waals surface area contributed by atoms with E-state index in [1.54, 1.807) is 0 Å². The SMILES string of the molecule is CC(C)C(N=Cc1cc([N+](=O)[O-])cc(Br)c1O)C(O)(c1cc(C(C)(C)C)cc(C(C)(C)C)c1)c1cc(C(C)(C)C)cc(C(C)(C)C)c1. The second-order valence-corrected chi connectivity index (χ2v) is 18.3. The molecule has 47 heavy (non-hydrogen) atoms. The monoisotopic (exact) mass is 706 g/mol. The number of nitrogens with zero attached hydrogens (tertiary/aromatic N) is 2. The lowest BCUT2D eigenvalue weighted by molar-refractivity contribution is -0.385. The Morgan fingerprint density at radius 1 is 0.681 bits per heavy atom. The molecular weight excluding hydrogens is 652 g/mol. The maximum absolute atomic E-state index is 13.6. The van der Waals surface area contributed by atoms with Gasteiger partial charge in [-0.25, -0.2) is 0 Å². The van der Waals surface area contributed by atoms with E-state index < -0.39 is 16.6 Å². The summed E-state index contributed by atoms with van der Waals surface area (Å²) in [5.74, 6) is -0.326. The molecule has 1 atom stereocenters. The number of hydrogen-bond donors (Lipinski definition) is 2. The molecule has 0 fully saturated rings. The maximum atomic E-state index is 13.6. The van der Waals surface area contributed by atoms with Gasteiger partial charge in [0.2, 0.25) is 0 Å². The fraction of sp³-hybridized carbons (Fsp3) is 0.525. The van der Waals surface area contributed by atoms with Crippen molar-refractivity contribution in [2.75, 3.05) is 0 Å². The summed E-state index contributed by atoms with van der Waals surface area (Å²) in [5.41, 5.74) is 3.52. The lowest BCUT2D eigenvalue weighted by Crippen LogP contribution is -2.44. The van der Waals surface area contributed by atoms with Crippen LogP contribution in [0, 0.1) is 16.0 Å². The summed E-state index contributed by atoms with van der Waals surface area (Å²) < 4.78 is 0.199. The van der Waals surface area contributed by atoms with Gasteiger partial charge in [0.15, 0.2) is 0 Å². The van der Waals surface area contributed by atoms with Gasteiger partial charge in [0, 0.05) is 23.9 Å². The van der Waals surface area contributed by atoms with Gasteiger partial charge in [0.25, 0.3) is 5.69 Å². The molecule has 3 aromatic carbocycles. The fourth-order valence-corrected chi connectivity index (χ4v) is 6.13. The number of aromatic hydroxyl groups is 1. The molecule has 1 unspecified atom stereocenters. The Morgan fingerprint density at radius 2 is 1.02 bits per heavy atom. The number of halogens is 1. The van der Waals surface area contributed by atoms with Crippen LogP contribution in [0.15, 0.2) is 58.0 Å². The van der Waals surface area contributed by atoms with Crippen LogP contribution in [0.25, 0.3) is 0 Å². The van der Waals surface area contributed by atoms with Crippen LogP contribution < -0.4 is 0 Å². The summed E-state index contributed by atoms with van der Waals surface area (Å²) in [6, 6.07) is 14.8. The van der Waals surface area contributed by atoms with E-state index in [4.69, 9.17) is 4.99 Å². The summed E-state index contributed by atoms with van der Waals surface area (Å²) in [5, 5.41) is 36.1. The van der Waals surface area contributed by atoms with Crippen molar-refractivity contribution in [3.05, 3.63) is 102 Å². The topological polar surface area (TPSA) is 96.0 Å². The first-order valence-corrected chi connectivity index (χ1v) is 17.2. The number of nitro benzene ring substituents is 1. The van der Waals surface area contributed by atoms with Crippen molar-refractivity contribution >= 4 is 27.8 Å². The van der Waals surface area contributed by atoms with Gasteiger partial charge in [-0.05, 0) is 76.9 Å². The quantitative estimate of drug-likeness (QED) is 0.145. The highest BCUT2D eigenvalue weighted by molar-refractivity contribution is 9.10. The summed E-state index contributed by atoms with van der Waals surface area (Å²) in [6.07, 6.45) is 1.46. The van der Waals surface area contributed by atoms with Gasteiger partial charge in [-0.15, -0.1) is 0 Å². The molecule has 0 spiro atoms. The zero-order valence-corrected chi connectivity index (χ0v) is 32.4. The summed E-state index contributed by atoms with van der Waals surface area (Å²) in [4.78, 5) is 16.2. The highest BCUT2D eigenvalue weighted by Crippen LogP contribution is 2.44. The Hall–Kier alpha value is -3.03. The highest BCUT2D eigenvalue weighted by atomic mass is 79.9. The number of aliphatic hydroxyl groups is 1. The first-order valence-electron chi connectivity index (χ1n) is 16.4. The Kier molecular flexibility index (Phi) is 10.7. The summed E-state index contributed by atoms with van der Waals surface area (Å²) in [7, 11) is 0. The zero-order chi connectivity index (χ0) is 36.1.